The zero-order valence-corrected chi connectivity index (χ0v) is 10.6. The number of para-hydroxylation sites is 1. The molecule has 0 aliphatic rings. The van der Waals surface area contributed by atoms with Gasteiger partial charge in [-0.1, -0.05) is 29.8 Å². The molecule has 2 aromatic carbocycles. The molecule has 0 atom stereocenters. The molecule has 0 aliphatic carbocycles. The van der Waals surface area contributed by atoms with Crippen LogP contribution in [0.2, 0.25) is 5.02 Å². The van der Waals surface area contributed by atoms with Gasteiger partial charge >= 0.3 is 0 Å². The second-order valence-electron chi connectivity index (χ2n) is 4.30. The van der Waals surface area contributed by atoms with Crippen LogP contribution in [0.1, 0.15) is 5.56 Å². The van der Waals surface area contributed by atoms with E-state index in [2.05, 4.69) is 11.1 Å². The summed E-state index contributed by atoms with van der Waals surface area (Å²) in [6, 6.07) is 12.9. The maximum atomic E-state index is 13.2. The molecular formula is C15H11ClFN. The smallest absolute Gasteiger partial charge is 0.141 e. The molecule has 0 aliphatic heterocycles. The SMILES string of the molecule is Cc1c(-c2ccc(F)c(Cl)c2)[nH]c2ccccc12. The third kappa shape index (κ3) is 1.70. The van der Waals surface area contributed by atoms with E-state index in [1.165, 1.54) is 11.5 Å². The van der Waals surface area contributed by atoms with Crippen LogP contribution in [0, 0.1) is 12.7 Å². The number of benzene rings is 2. The van der Waals surface area contributed by atoms with Gasteiger partial charge < -0.3 is 4.98 Å². The maximum Gasteiger partial charge on any atom is 0.141 e. The summed E-state index contributed by atoms with van der Waals surface area (Å²) < 4.78 is 13.2. The van der Waals surface area contributed by atoms with Crippen LogP contribution in [0.4, 0.5) is 4.39 Å². The van der Waals surface area contributed by atoms with Crippen molar-refractivity contribution >= 4 is 22.5 Å². The molecule has 3 aromatic rings. The van der Waals surface area contributed by atoms with Crippen molar-refractivity contribution in [2.75, 3.05) is 0 Å². The van der Waals surface area contributed by atoms with Gasteiger partial charge in [0.15, 0.2) is 0 Å². The standard InChI is InChI=1S/C15H11ClFN/c1-9-11-4-2-3-5-14(11)18-15(9)10-6-7-13(17)12(16)8-10/h2-8,18H,1H3. The topological polar surface area (TPSA) is 15.8 Å². The minimum Gasteiger partial charge on any atom is -0.354 e. The van der Waals surface area contributed by atoms with Crippen molar-refractivity contribution in [1.29, 1.82) is 0 Å². The highest BCUT2D eigenvalue weighted by Gasteiger charge is 2.10. The van der Waals surface area contributed by atoms with Gasteiger partial charge in [-0.3, -0.25) is 0 Å². The minimum atomic E-state index is -0.394. The number of rotatable bonds is 1. The molecule has 90 valence electrons. The lowest BCUT2D eigenvalue weighted by molar-refractivity contribution is 0.628. The average Bonchev–Trinajstić information content (AvgIpc) is 2.71. The predicted octanol–water partition coefficient (Wildman–Crippen LogP) is 4.94. The maximum absolute atomic E-state index is 13.2. The van der Waals surface area contributed by atoms with E-state index >= 15 is 0 Å². The second-order valence-corrected chi connectivity index (χ2v) is 4.71. The van der Waals surface area contributed by atoms with Gasteiger partial charge in [0.05, 0.1) is 5.02 Å². The Morgan fingerprint density at radius 3 is 2.61 bits per heavy atom. The highest BCUT2D eigenvalue weighted by molar-refractivity contribution is 6.31. The number of fused-ring (bicyclic) bond motifs is 1. The minimum absolute atomic E-state index is 0.144. The van der Waals surface area contributed by atoms with Crippen LogP contribution in [-0.4, -0.2) is 4.98 Å². The highest BCUT2D eigenvalue weighted by Crippen LogP contribution is 2.31. The molecule has 1 N–H and O–H groups in total. The van der Waals surface area contributed by atoms with Gasteiger partial charge in [-0.2, -0.15) is 0 Å². The Labute approximate surface area is 109 Å². The van der Waals surface area contributed by atoms with Gasteiger partial charge in [-0.25, -0.2) is 4.39 Å². The monoisotopic (exact) mass is 259 g/mol. The Morgan fingerprint density at radius 1 is 1.11 bits per heavy atom. The van der Waals surface area contributed by atoms with Gasteiger partial charge in [-0.15, -0.1) is 0 Å². The Balaban J connectivity index is 2.25. The molecule has 1 heterocycles. The van der Waals surface area contributed by atoms with E-state index in [1.54, 1.807) is 12.1 Å². The number of aryl methyl sites for hydroxylation is 1. The van der Waals surface area contributed by atoms with Crippen molar-refractivity contribution in [3.8, 4) is 11.3 Å². The first-order valence-corrected chi connectivity index (χ1v) is 6.07. The van der Waals surface area contributed by atoms with Gasteiger partial charge in [0, 0.05) is 16.6 Å². The fraction of sp³-hybridized carbons (Fsp3) is 0.0667. The number of hydrogen-bond donors (Lipinski definition) is 1. The fourth-order valence-electron chi connectivity index (χ4n) is 2.22. The summed E-state index contributed by atoms with van der Waals surface area (Å²) in [7, 11) is 0. The van der Waals surface area contributed by atoms with Crippen LogP contribution in [0.25, 0.3) is 22.2 Å². The van der Waals surface area contributed by atoms with E-state index in [0.717, 1.165) is 22.3 Å². The summed E-state index contributed by atoms with van der Waals surface area (Å²) in [4.78, 5) is 3.35. The number of aromatic nitrogens is 1. The van der Waals surface area contributed by atoms with E-state index in [1.807, 2.05) is 25.1 Å². The Kier molecular flexibility index (Phi) is 2.60. The predicted molar refractivity (Wildman–Crippen MR) is 73.4 cm³/mol. The zero-order chi connectivity index (χ0) is 12.7. The molecule has 0 bridgehead atoms. The number of halogens is 2. The van der Waals surface area contributed by atoms with Crippen molar-refractivity contribution in [1.82, 2.24) is 4.98 Å². The van der Waals surface area contributed by atoms with Gasteiger partial charge in [0.2, 0.25) is 0 Å². The summed E-state index contributed by atoms with van der Waals surface area (Å²) >= 11 is 5.83. The van der Waals surface area contributed by atoms with Crippen molar-refractivity contribution in [2.45, 2.75) is 6.92 Å². The average molecular weight is 260 g/mol. The molecule has 0 fully saturated rings. The molecule has 0 spiro atoms. The van der Waals surface area contributed by atoms with Crippen LogP contribution in [0.3, 0.4) is 0 Å². The Hall–Kier alpha value is -1.80. The van der Waals surface area contributed by atoms with Crippen LogP contribution < -0.4 is 0 Å². The van der Waals surface area contributed by atoms with Crippen molar-refractivity contribution < 1.29 is 4.39 Å². The lowest BCUT2D eigenvalue weighted by atomic mass is 10.1. The summed E-state index contributed by atoms with van der Waals surface area (Å²) in [6.45, 7) is 2.05. The lowest BCUT2D eigenvalue weighted by Crippen LogP contribution is -1.83. The molecule has 0 unspecified atom stereocenters. The molecule has 0 saturated carbocycles. The van der Waals surface area contributed by atoms with Crippen LogP contribution >= 0.6 is 11.6 Å². The van der Waals surface area contributed by atoms with Gasteiger partial charge in [0.25, 0.3) is 0 Å². The van der Waals surface area contributed by atoms with Crippen LogP contribution in [0.15, 0.2) is 42.5 Å². The summed E-state index contributed by atoms with van der Waals surface area (Å²) in [5, 5.41) is 1.32. The summed E-state index contributed by atoms with van der Waals surface area (Å²) in [5.41, 5.74) is 4.10. The summed E-state index contributed by atoms with van der Waals surface area (Å²) in [5.74, 6) is -0.394. The lowest BCUT2D eigenvalue weighted by Gasteiger charge is -2.02. The third-order valence-corrected chi connectivity index (χ3v) is 3.46. The van der Waals surface area contributed by atoms with Crippen molar-refractivity contribution in [3.63, 3.8) is 0 Å². The number of nitrogens with one attached hydrogen (secondary N) is 1. The largest absolute Gasteiger partial charge is 0.354 e. The molecule has 0 radical (unpaired) electrons. The summed E-state index contributed by atoms with van der Waals surface area (Å²) in [6.07, 6.45) is 0. The van der Waals surface area contributed by atoms with E-state index in [-0.39, 0.29) is 5.02 Å². The quantitative estimate of drug-likeness (QED) is 0.637. The number of hydrogen-bond acceptors (Lipinski definition) is 0. The van der Waals surface area contributed by atoms with Gasteiger partial charge in [-0.05, 0) is 42.3 Å². The molecule has 1 nitrogen and oxygen atoms in total. The molecule has 3 rings (SSSR count). The van der Waals surface area contributed by atoms with Gasteiger partial charge in [0.1, 0.15) is 5.82 Å². The van der Waals surface area contributed by atoms with E-state index in [0.29, 0.717) is 0 Å². The second kappa shape index (κ2) is 4.14. The van der Waals surface area contributed by atoms with Crippen LogP contribution in [-0.2, 0) is 0 Å². The Morgan fingerprint density at radius 2 is 1.89 bits per heavy atom. The Bertz CT molecular complexity index is 730. The third-order valence-electron chi connectivity index (χ3n) is 3.17. The van der Waals surface area contributed by atoms with Crippen molar-refractivity contribution in [3.05, 3.63) is 58.9 Å². The van der Waals surface area contributed by atoms with Crippen LogP contribution in [0.5, 0.6) is 0 Å². The van der Waals surface area contributed by atoms with Crippen molar-refractivity contribution in [2.24, 2.45) is 0 Å². The molecule has 3 heteroatoms. The molecular weight excluding hydrogens is 249 g/mol. The van der Waals surface area contributed by atoms with E-state index in [9.17, 15) is 4.39 Å². The molecule has 0 saturated heterocycles. The first-order chi connectivity index (χ1) is 8.66. The first kappa shape index (κ1) is 11.3. The highest BCUT2D eigenvalue weighted by atomic mass is 35.5. The molecule has 0 amide bonds. The molecule has 1 aromatic heterocycles. The fourth-order valence-corrected chi connectivity index (χ4v) is 2.40. The number of aromatic amines is 1. The first-order valence-electron chi connectivity index (χ1n) is 5.69. The zero-order valence-electron chi connectivity index (χ0n) is 9.80. The normalized spacial score (nSPS) is 11.1. The number of H-pyrrole nitrogens is 1. The van der Waals surface area contributed by atoms with E-state index in [4.69, 9.17) is 11.6 Å². The molecule has 18 heavy (non-hydrogen) atoms. The van der Waals surface area contributed by atoms with E-state index < -0.39 is 5.82 Å².